The summed E-state index contributed by atoms with van der Waals surface area (Å²) in [5.41, 5.74) is -0.423. The molecule has 0 saturated carbocycles. The highest BCUT2D eigenvalue weighted by molar-refractivity contribution is 7.80. The van der Waals surface area contributed by atoms with Gasteiger partial charge in [-0.2, -0.15) is 0 Å². The van der Waals surface area contributed by atoms with Gasteiger partial charge in [-0.1, -0.05) is 20.8 Å². The fraction of sp³-hybridized carbons (Fsp3) is 0.833. The highest BCUT2D eigenvalue weighted by Crippen LogP contribution is 2.14. The second-order valence-corrected chi connectivity index (χ2v) is 6.06. The number of carbonyl (C=O) groups is 1. The third-order valence-corrected chi connectivity index (χ3v) is 2.97. The second-order valence-electron chi connectivity index (χ2n) is 5.67. The lowest BCUT2D eigenvalue weighted by molar-refractivity contribution is -0.127. The van der Waals surface area contributed by atoms with Gasteiger partial charge >= 0.3 is 0 Å². The number of morpholine rings is 1. The van der Waals surface area contributed by atoms with Gasteiger partial charge in [0.2, 0.25) is 5.91 Å². The lowest BCUT2D eigenvalue weighted by Gasteiger charge is -2.37. The fourth-order valence-corrected chi connectivity index (χ4v) is 1.95. The van der Waals surface area contributed by atoms with Crippen molar-refractivity contribution in [3.8, 4) is 0 Å². The van der Waals surface area contributed by atoms with Crippen molar-refractivity contribution in [2.75, 3.05) is 13.1 Å². The molecule has 0 aliphatic carbocycles. The first kappa shape index (κ1) is 14.4. The third kappa shape index (κ3) is 4.24. The van der Waals surface area contributed by atoms with Gasteiger partial charge in [-0.25, -0.2) is 0 Å². The molecule has 2 atom stereocenters. The van der Waals surface area contributed by atoms with Crippen molar-refractivity contribution < 1.29 is 9.53 Å². The van der Waals surface area contributed by atoms with Crippen LogP contribution in [0.1, 0.15) is 34.6 Å². The minimum Gasteiger partial charge on any atom is -0.372 e. The van der Waals surface area contributed by atoms with Crippen molar-refractivity contribution in [2.24, 2.45) is 5.41 Å². The summed E-state index contributed by atoms with van der Waals surface area (Å²) >= 11 is 5.26. The fourth-order valence-electron chi connectivity index (χ4n) is 1.71. The summed E-state index contributed by atoms with van der Waals surface area (Å²) in [7, 11) is 0. The Balaban J connectivity index is 2.56. The van der Waals surface area contributed by atoms with Gasteiger partial charge in [-0.3, -0.25) is 4.79 Å². The van der Waals surface area contributed by atoms with E-state index in [0.717, 1.165) is 13.1 Å². The molecule has 1 saturated heterocycles. The van der Waals surface area contributed by atoms with Crippen LogP contribution in [0.4, 0.5) is 0 Å². The Hall–Kier alpha value is -0.680. The molecule has 1 fully saturated rings. The van der Waals surface area contributed by atoms with Crippen molar-refractivity contribution in [3.05, 3.63) is 0 Å². The number of nitrogens with one attached hydrogen (secondary N) is 1. The zero-order chi connectivity index (χ0) is 13.2. The molecule has 0 radical (unpaired) electrons. The second kappa shape index (κ2) is 5.31. The van der Waals surface area contributed by atoms with E-state index in [2.05, 4.69) is 5.32 Å². The Bertz CT molecular complexity index is 302. The molecule has 1 aliphatic rings. The number of thiocarbonyl (C=S) groups is 1. The lowest BCUT2D eigenvalue weighted by Crippen LogP contribution is -2.54. The molecule has 1 aliphatic heterocycles. The standard InChI is InChI=1S/C12H22N2O2S/c1-8-6-14(7-9(2)16-8)11(17)13-10(15)12(3,4)5/h8-9H,6-7H2,1-5H3,(H,13,15,17)/t8-,9+. The number of amides is 1. The van der Waals surface area contributed by atoms with E-state index >= 15 is 0 Å². The summed E-state index contributed by atoms with van der Waals surface area (Å²) in [6.07, 6.45) is 0.284. The molecule has 0 aromatic heterocycles. The summed E-state index contributed by atoms with van der Waals surface area (Å²) < 4.78 is 5.62. The van der Waals surface area contributed by atoms with Gasteiger partial charge in [0.25, 0.3) is 0 Å². The van der Waals surface area contributed by atoms with Crippen molar-refractivity contribution >= 4 is 23.2 Å². The number of hydrogen-bond donors (Lipinski definition) is 1. The minimum absolute atomic E-state index is 0.0469. The molecular formula is C12H22N2O2S. The molecular weight excluding hydrogens is 236 g/mol. The molecule has 4 nitrogen and oxygen atoms in total. The van der Waals surface area contributed by atoms with E-state index in [1.165, 1.54) is 0 Å². The van der Waals surface area contributed by atoms with Crippen LogP contribution in [0.2, 0.25) is 0 Å². The molecule has 1 amide bonds. The van der Waals surface area contributed by atoms with Crippen molar-refractivity contribution in [1.82, 2.24) is 10.2 Å². The van der Waals surface area contributed by atoms with Gasteiger partial charge in [0, 0.05) is 18.5 Å². The molecule has 5 heteroatoms. The van der Waals surface area contributed by atoms with Crippen molar-refractivity contribution in [1.29, 1.82) is 0 Å². The van der Waals surface area contributed by atoms with E-state index in [1.54, 1.807) is 0 Å². The van der Waals surface area contributed by atoms with E-state index in [4.69, 9.17) is 17.0 Å². The molecule has 1 heterocycles. The predicted octanol–water partition coefficient (Wildman–Crippen LogP) is 1.54. The smallest absolute Gasteiger partial charge is 0.231 e. The summed E-state index contributed by atoms with van der Waals surface area (Å²) in [4.78, 5) is 13.8. The maximum Gasteiger partial charge on any atom is 0.231 e. The van der Waals surface area contributed by atoms with Crippen LogP contribution in [0.5, 0.6) is 0 Å². The molecule has 0 aromatic carbocycles. The zero-order valence-corrected chi connectivity index (χ0v) is 12.1. The van der Waals surface area contributed by atoms with E-state index < -0.39 is 5.41 Å². The molecule has 0 aromatic rings. The number of nitrogens with zero attached hydrogens (tertiary/aromatic N) is 1. The summed E-state index contributed by atoms with van der Waals surface area (Å²) in [6, 6.07) is 0. The van der Waals surface area contributed by atoms with E-state index in [0.29, 0.717) is 5.11 Å². The van der Waals surface area contributed by atoms with Crippen molar-refractivity contribution in [3.63, 3.8) is 0 Å². The van der Waals surface area contributed by atoms with E-state index in [1.807, 2.05) is 39.5 Å². The number of hydrogen-bond acceptors (Lipinski definition) is 3. The van der Waals surface area contributed by atoms with Gasteiger partial charge < -0.3 is 15.0 Å². The van der Waals surface area contributed by atoms with Crippen LogP contribution in [0.3, 0.4) is 0 Å². The first-order chi connectivity index (χ1) is 7.70. The van der Waals surface area contributed by atoms with Crippen LogP contribution in [0, 0.1) is 5.41 Å². The molecule has 98 valence electrons. The molecule has 0 spiro atoms. The largest absolute Gasteiger partial charge is 0.372 e. The number of ether oxygens (including phenoxy) is 1. The Labute approximate surface area is 109 Å². The van der Waals surface area contributed by atoms with Crippen LogP contribution in [-0.2, 0) is 9.53 Å². The van der Waals surface area contributed by atoms with Gasteiger partial charge in [-0.05, 0) is 26.1 Å². The topological polar surface area (TPSA) is 41.6 Å². The highest BCUT2D eigenvalue weighted by atomic mass is 32.1. The first-order valence-corrected chi connectivity index (χ1v) is 6.37. The van der Waals surface area contributed by atoms with Crippen LogP contribution in [0.15, 0.2) is 0 Å². The normalized spacial score (nSPS) is 25.6. The molecule has 1 N–H and O–H groups in total. The van der Waals surface area contributed by atoms with Gasteiger partial charge in [0.1, 0.15) is 0 Å². The average Bonchev–Trinajstić information content (AvgIpc) is 2.14. The predicted molar refractivity (Wildman–Crippen MR) is 71.8 cm³/mol. The Morgan fingerprint density at radius 3 is 2.18 bits per heavy atom. The summed E-state index contributed by atoms with van der Waals surface area (Å²) in [6.45, 7) is 11.1. The monoisotopic (exact) mass is 258 g/mol. The van der Waals surface area contributed by atoms with Crippen molar-refractivity contribution in [2.45, 2.75) is 46.8 Å². The Kier molecular flexibility index (Phi) is 4.49. The molecule has 0 unspecified atom stereocenters. The van der Waals surface area contributed by atoms with Crippen LogP contribution in [0.25, 0.3) is 0 Å². The quantitative estimate of drug-likeness (QED) is 0.669. The maximum absolute atomic E-state index is 11.8. The highest BCUT2D eigenvalue weighted by Gasteiger charge is 2.27. The molecule has 1 rings (SSSR count). The minimum atomic E-state index is -0.423. The third-order valence-electron chi connectivity index (χ3n) is 2.61. The summed E-state index contributed by atoms with van der Waals surface area (Å²) in [5.74, 6) is -0.0469. The average molecular weight is 258 g/mol. The van der Waals surface area contributed by atoms with Gasteiger partial charge in [-0.15, -0.1) is 0 Å². The number of carbonyl (C=O) groups excluding carboxylic acids is 1. The van der Waals surface area contributed by atoms with Crippen LogP contribution in [-0.4, -0.2) is 41.2 Å². The Morgan fingerprint density at radius 1 is 1.29 bits per heavy atom. The first-order valence-electron chi connectivity index (χ1n) is 5.96. The van der Waals surface area contributed by atoms with Crippen LogP contribution >= 0.6 is 12.2 Å². The SMILES string of the molecule is C[C@@H]1CN(C(=S)NC(=O)C(C)(C)C)C[C@H](C)O1. The maximum atomic E-state index is 11.8. The van der Waals surface area contributed by atoms with Crippen LogP contribution < -0.4 is 5.32 Å². The summed E-state index contributed by atoms with van der Waals surface area (Å²) in [5, 5.41) is 3.30. The van der Waals surface area contributed by atoms with E-state index in [9.17, 15) is 4.79 Å². The molecule has 17 heavy (non-hydrogen) atoms. The van der Waals surface area contributed by atoms with Gasteiger partial charge in [0.05, 0.1) is 12.2 Å². The zero-order valence-electron chi connectivity index (χ0n) is 11.2. The van der Waals surface area contributed by atoms with Gasteiger partial charge in [0.15, 0.2) is 5.11 Å². The number of rotatable bonds is 0. The lowest BCUT2D eigenvalue weighted by atomic mass is 9.96. The van der Waals surface area contributed by atoms with E-state index in [-0.39, 0.29) is 18.1 Å². The molecule has 0 bridgehead atoms. The Morgan fingerprint density at radius 2 is 1.76 bits per heavy atom.